The van der Waals surface area contributed by atoms with Crippen LogP contribution in [0.4, 0.5) is 0 Å². The molecule has 4 heteroatoms. The Morgan fingerprint density at radius 3 is 2.67 bits per heavy atom. The lowest BCUT2D eigenvalue weighted by Gasteiger charge is -2.26. The fraction of sp³-hybridized carbons (Fsp3) is 0.650. The first-order valence-electron chi connectivity index (χ1n) is 9.17. The van der Waals surface area contributed by atoms with Gasteiger partial charge in [-0.3, -0.25) is 0 Å². The number of rotatable bonds is 8. The van der Waals surface area contributed by atoms with Crippen LogP contribution < -0.4 is 4.74 Å². The van der Waals surface area contributed by atoms with Crippen LogP contribution in [0.1, 0.15) is 56.6 Å². The van der Waals surface area contributed by atoms with Crippen molar-refractivity contribution in [3.05, 3.63) is 29.3 Å². The monoisotopic (exact) mass is 333 g/mol. The molecule has 1 aliphatic rings. The van der Waals surface area contributed by atoms with Crippen LogP contribution in [0.2, 0.25) is 0 Å². The van der Waals surface area contributed by atoms with Crippen LogP contribution in [0.25, 0.3) is 0 Å². The minimum absolute atomic E-state index is 0.0209. The number of nitrogens with zero attached hydrogens (tertiary/aromatic N) is 1. The summed E-state index contributed by atoms with van der Waals surface area (Å²) in [6.07, 6.45) is 4.83. The van der Waals surface area contributed by atoms with Gasteiger partial charge in [-0.2, -0.15) is 0 Å². The average molecular weight is 333 g/mol. The van der Waals surface area contributed by atoms with E-state index in [2.05, 4.69) is 30.9 Å². The van der Waals surface area contributed by atoms with Gasteiger partial charge in [0.15, 0.2) is 6.61 Å². The summed E-state index contributed by atoms with van der Waals surface area (Å²) in [6, 6.07) is 6.12. The van der Waals surface area contributed by atoms with Crippen molar-refractivity contribution in [3.63, 3.8) is 0 Å². The van der Waals surface area contributed by atoms with E-state index in [0.29, 0.717) is 12.5 Å². The van der Waals surface area contributed by atoms with Gasteiger partial charge in [0, 0.05) is 6.54 Å². The van der Waals surface area contributed by atoms with Gasteiger partial charge < -0.3 is 14.4 Å². The van der Waals surface area contributed by atoms with E-state index in [9.17, 15) is 4.79 Å². The van der Waals surface area contributed by atoms with E-state index in [0.717, 1.165) is 29.8 Å². The highest BCUT2D eigenvalue weighted by Gasteiger charge is 2.12. The standard InChI is InChI=1S/C20H31NO3/c1-16(2)18-9-8-17(3)14-19(18)24-15-20(22)23-13-7-12-21-10-5-4-6-11-21/h8-9,14,16H,4-7,10-13,15H2,1-3H3. The molecule has 24 heavy (non-hydrogen) atoms. The molecular formula is C20H31NO3. The van der Waals surface area contributed by atoms with Gasteiger partial charge in [-0.15, -0.1) is 0 Å². The van der Waals surface area contributed by atoms with Crippen molar-refractivity contribution >= 4 is 5.97 Å². The number of likely N-dealkylation sites (tertiary alicyclic amines) is 1. The van der Waals surface area contributed by atoms with Gasteiger partial charge in [0.2, 0.25) is 0 Å². The van der Waals surface area contributed by atoms with E-state index in [1.54, 1.807) is 0 Å². The third-order valence-electron chi connectivity index (χ3n) is 4.47. The number of carbonyl (C=O) groups is 1. The van der Waals surface area contributed by atoms with Crippen LogP contribution >= 0.6 is 0 Å². The second kappa shape index (κ2) is 9.67. The van der Waals surface area contributed by atoms with E-state index in [1.807, 2.05) is 13.0 Å². The molecule has 0 atom stereocenters. The third kappa shape index (κ3) is 6.16. The Balaban J connectivity index is 1.68. The van der Waals surface area contributed by atoms with Gasteiger partial charge in [-0.25, -0.2) is 4.79 Å². The molecule has 2 rings (SSSR count). The highest BCUT2D eigenvalue weighted by Crippen LogP contribution is 2.27. The highest BCUT2D eigenvalue weighted by molar-refractivity contribution is 5.71. The summed E-state index contributed by atoms with van der Waals surface area (Å²) >= 11 is 0. The van der Waals surface area contributed by atoms with Gasteiger partial charge in [0.05, 0.1) is 6.61 Å². The number of benzene rings is 1. The summed E-state index contributed by atoms with van der Waals surface area (Å²) in [6.45, 7) is 10.1. The van der Waals surface area contributed by atoms with Crippen LogP contribution in [0.5, 0.6) is 5.75 Å². The molecule has 0 N–H and O–H groups in total. The number of carbonyl (C=O) groups excluding carboxylic acids is 1. The van der Waals surface area contributed by atoms with Crippen molar-refractivity contribution in [2.45, 2.75) is 52.4 Å². The summed E-state index contributed by atoms with van der Waals surface area (Å²) in [7, 11) is 0. The third-order valence-corrected chi connectivity index (χ3v) is 4.47. The van der Waals surface area contributed by atoms with Crippen LogP contribution in [0.15, 0.2) is 18.2 Å². The number of hydrogen-bond acceptors (Lipinski definition) is 4. The maximum Gasteiger partial charge on any atom is 0.344 e. The number of esters is 1. The molecule has 0 aromatic heterocycles. The lowest BCUT2D eigenvalue weighted by Crippen LogP contribution is -2.31. The first-order chi connectivity index (χ1) is 11.6. The van der Waals surface area contributed by atoms with Crippen LogP contribution in [0.3, 0.4) is 0 Å². The Bertz CT molecular complexity index is 522. The topological polar surface area (TPSA) is 38.8 Å². The molecule has 1 aromatic rings. The van der Waals surface area contributed by atoms with Crippen molar-refractivity contribution in [3.8, 4) is 5.75 Å². The van der Waals surface area contributed by atoms with Gasteiger partial charge >= 0.3 is 5.97 Å². The lowest BCUT2D eigenvalue weighted by atomic mass is 10.0. The van der Waals surface area contributed by atoms with Crippen molar-refractivity contribution < 1.29 is 14.3 Å². The predicted molar refractivity (Wildman–Crippen MR) is 96.6 cm³/mol. The van der Waals surface area contributed by atoms with Crippen LogP contribution in [0, 0.1) is 6.92 Å². The number of piperidine rings is 1. The molecule has 0 bridgehead atoms. The maximum absolute atomic E-state index is 11.9. The molecule has 0 unspecified atom stereocenters. The molecular weight excluding hydrogens is 302 g/mol. The Kier molecular flexibility index (Phi) is 7.57. The summed E-state index contributed by atoms with van der Waals surface area (Å²) < 4.78 is 11.0. The van der Waals surface area contributed by atoms with E-state index in [-0.39, 0.29) is 12.6 Å². The largest absolute Gasteiger partial charge is 0.482 e. The predicted octanol–water partition coefficient (Wildman–Crippen LogP) is 3.92. The molecule has 0 spiro atoms. The molecule has 1 heterocycles. The Labute approximate surface area is 146 Å². The average Bonchev–Trinajstić information content (AvgIpc) is 2.57. The van der Waals surface area contributed by atoms with E-state index in [4.69, 9.17) is 9.47 Å². The molecule has 0 amide bonds. The smallest absolute Gasteiger partial charge is 0.344 e. The fourth-order valence-corrected chi connectivity index (χ4v) is 3.08. The second-order valence-electron chi connectivity index (χ2n) is 6.96. The molecule has 1 fully saturated rings. The quantitative estimate of drug-likeness (QED) is 0.534. The zero-order valence-corrected chi connectivity index (χ0v) is 15.3. The number of hydrogen-bond donors (Lipinski definition) is 0. The summed E-state index contributed by atoms with van der Waals surface area (Å²) in [5.74, 6) is 0.862. The van der Waals surface area contributed by atoms with Crippen molar-refractivity contribution in [1.29, 1.82) is 0 Å². The normalized spacial score (nSPS) is 15.5. The minimum Gasteiger partial charge on any atom is -0.482 e. The maximum atomic E-state index is 11.9. The molecule has 134 valence electrons. The van der Waals surface area contributed by atoms with Gasteiger partial charge in [0.25, 0.3) is 0 Å². The molecule has 0 saturated carbocycles. The molecule has 1 saturated heterocycles. The Morgan fingerprint density at radius 2 is 1.96 bits per heavy atom. The van der Waals surface area contributed by atoms with Crippen molar-refractivity contribution in [1.82, 2.24) is 4.90 Å². The van der Waals surface area contributed by atoms with Gasteiger partial charge in [0.1, 0.15) is 5.75 Å². The molecule has 1 aromatic carbocycles. The van der Waals surface area contributed by atoms with Gasteiger partial charge in [-0.1, -0.05) is 32.4 Å². The zero-order valence-electron chi connectivity index (χ0n) is 15.3. The van der Waals surface area contributed by atoms with E-state index >= 15 is 0 Å². The Morgan fingerprint density at radius 1 is 1.21 bits per heavy atom. The highest BCUT2D eigenvalue weighted by atomic mass is 16.6. The second-order valence-corrected chi connectivity index (χ2v) is 6.96. The molecule has 0 radical (unpaired) electrons. The molecule has 4 nitrogen and oxygen atoms in total. The molecule has 1 aliphatic heterocycles. The van der Waals surface area contributed by atoms with Crippen molar-refractivity contribution in [2.24, 2.45) is 0 Å². The molecule has 0 aliphatic carbocycles. The summed E-state index contributed by atoms with van der Waals surface area (Å²) in [5, 5.41) is 0. The summed E-state index contributed by atoms with van der Waals surface area (Å²) in [4.78, 5) is 14.3. The van der Waals surface area contributed by atoms with Crippen molar-refractivity contribution in [2.75, 3.05) is 32.8 Å². The summed E-state index contributed by atoms with van der Waals surface area (Å²) in [5.41, 5.74) is 2.25. The fourth-order valence-electron chi connectivity index (χ4n) is 3.08. The van der Waals surface area contributed by atoms with E-state index < -0.39 is 0 Å². The SMILES string of the molecule is Cc1ccc(C(C)C)c(OCC(=O)OCCCN2CCCCC2)c1. The number of aryl methyl sites for hydroxylation is 1. The lowest BCUT2D eigenvalue weighted by molar-refractivity contribution is -0.146. The number of ether oxygens (including phenoxy) is 2. The van der Waals surface area contributed by atoms with Crippen LogP contribution in [-0.4, -0.2) is 43.7 Å². The van der Waals surface area contributed by atoms with Crippen LogP contribution in [-0.2, 0) is 9.53 Å². The zero-order chi connectivity index (χ0) is 17.4. The Hall–Kier alpha value is -1.55. The first-order valence-corrected chi connectivity index (χ1v) is 9.17. The minimum atomic E-state index is -0.287. The van der Waals surface area contributed by atoms with E-state index in [1.165, 1.54) is 32.4 Å². The first kappa shape index (κ1) is 18.8. The van der Waals surface area contributed by atoms with Gasteiger partial charge in [-0.05, 0) is 62.4 Å².